The first-order chi connectivity index (χ1) is 15.4. The van der Waals surface area contributed by atoms with Gasteiger partial charge in [-0.2, -0.15) is 0 Å². The van der Waals surface area contributed by atoms with Crippen molar-refractivity contribution < 1.29 is 23.1 Å². The zero-order valence-electron chi connectivity index (χ0n) is 17.7. The quantitative estimate of drug-likeness (QED) is 0.421. The Morgan fingerprint density at radius 1 is 1.16 bits per heavy atom. The van der Waals surface area contributed by atoms with Gasteiger partial charge in [-0.05, 0) is 72.6 Å². The van der Waals surface area contributed by atoms with Crippen LogP contribution in [0.2, 0.25) is 0 Å². The third kappa shape index (κ3) is 4.46. The van der Waals surface area contributed by atoms with E-state index in [-0.39, 0.29) is 41.8 Å². The molecule has 4 N–H and O–H groups in total. The predicted octanol–water partition coefficient (Wildman–Crippen LogP) is 4.82. The molecule has 1 aromatic heterocycles. The minimum atomic E-state index is -0.668. The van der Waals surface area contributed by atoms with Crippen LogP contribution in [0.25, 0.3) is 22.2 Å². The van der Waals surface area contributed by atoms with E-state index in [1.54, 1.807) is 12.1 Å². The summed E-state index contributed by atoms with van der Waals surface area (Å²) in [6.45, 7) is 2.24. The lowest BCUT2D eigenvalue weighted by molar-refractivity contribution is 0.206. The topological polar surface area (TPSA) is 77.2 Å². The Balaban J connectivity index is 1.52. The average molecular weight is 445 g/mol. The van der Waals surface area contributed by atoms with Crippen LogP contribution in [-0.4, -0.2) is 35.3 Å². The average Bonchev–Trinajstić information content (AvgIpc) is 3.10. The number of halogens is 3. The summed E-state index contributed by atoms with van der Waals surface area (Å²) in [5.74, 6) is -1.41. The van der Waals surface area contributed by atoms with Crippen LogP contribution in [0.4, 0.5) is 18.0 Å². The SMILES string of the molecule is CC[C@@H](CO)NC(=O)NC[C@H]1C[C@H](c2c(-c3ccc(F)cc3)[nH]c3c(F)cc(F)cc32)C1. The minimum absolute atomic E-state index is 0.0562. The number of nitrogens with one attached hydrogen (secondary N) is 3. The Kier molecular flexibility index (Phi) is 6.41. The number of amides is 2. The van der Waals surface area contributed by atoms with Gasteiger partial charge in [0, 0.05) is 18.0 Å². The van der Waals surface area contributed by atoms with Crippen LogP contribution >= 0.6 is 0 Å². The second-order valence-electron chi connectivity index (χ2n) is 8.41. The number of rotatable bonds is 7. The van der Waals surface area contributed by atoms with Gasteiger partial charge in [0.1, 0.15) is 17.5 Å². The Bertz CT molecular complexity index is 1100. The normalized spacial score (nSPS) is 18.9. The Morgan fingerprint density at radius 3 is 2.53 bits per heavy atom. The molecule has 2 aromatic carbocycles. The van der Waals surface area contributed by atoms with Crippen molar-refractivity contribution in [3.8, 4) is 11.3 Å². The molecule has 32 heavy (non-hydrogen) atoms. The van der Waals surface area contributed by atoms with Crippen LogP contribution in [0.15, 0.2) is 36.4 Å². The van der Waals surface area contributed by atoms with Crippen molar-refractivity contribution in [1.29, 1.82) is 0 Å². The number of fused-ring (bicyclic) bond motifs is 1. The van der Waals surface area contributed by atoms with E-state index in [9.17, 15) is 23.1 Å². The maximum absolute atomic E-state index is 14.5. The van der Waals surface area contributed by atoms with Crippen molar-refractivity contribution in [3.05, 3.63) is 59.4 Å². The highest BCUT2D eigenvalue weighted by Gasteiger charge is 2.34. The first-order valence-electron chi connectivity index (χ1n) is 10.8. The largest absolute Gasteiger partial charge is 0.394 e. The molecule has 170 valence electrons. The molecule has 8 heteroatoms. The number of carbonyl (C=O) groups is 1. The molecule has 1 heterocycles. The Morgan fingerprint density at radius 2 is 1.88 bits per heavy atom. The van der Waals surface area contributed by atoms with Crippen molar-refractivity contribution in [1.82, 2.24) is 15.6 Å². The maximum atomic E-state index is 14.5. The molecule has 0 spiro atoms. The number of aromatic amines is 1. The van der Waals surface area contributed by atoms with Crippen molar-refractivity contribution in [3.63, 3.8) is 0 Å². The molecule has 1 saturated carbocycles. The predicted molar refractivity (Wildman–Crippen MR) is 117 cm³/mol. The number of hydrogen-bond donors (Lipinski definition) is 4. The molecule has 1 aliphatic carbocycles. The van der Waals surface area contributed by atoms with E-state index in [0.717, 1.165) is 24.5 Å². The van der Waals surface area contributed by atoms with E-state index in [4.69, 9.17) is 0 Å². The third-order valence-electron chi connectivity index (χ3n) is 6.24. The standard InChI is InChI=1S/C24H26F3N3O2/c1-2-18(12-31)29-24(32)28-11-13-7-15(8-13)21-19-9-17(26)10-20(27)23(19)30-22(21)14-3-5-16(25)6-4-14/h3-6,9-10,13,15,18,30-31H,2,7-8,11-12H2,1H3,(H2,28,29,32)/t13-,15-,18-/m0/s1. The van der Waals surface area contributed by atoms with Gasteiger partial charge in [-0.15, -0.1) is 0 Å². The van der Waals surface area contributed by atoms with Crippen LogP contribution in [0.1, 0.15) is 37.7 Å². The van der Waals surface area contributed by atoms with E-state index in [2.05, 4.69) is 15.6 Å². The number of carbonyl (C=O) groups excluding carboxylic acids is 1. The summed E-state index contributed by atoms with van der Waals surface area (Å²) in [6.07, 6.45) is 2.13. The van der Waals surface area contributed by atoms with Gasteiger partial charge < -0.3 is 20.7 Å². The summed E-state index contributed by atoms with van der Waals surface area (Å²) in [4.78, 5) is 15.1. The van der Waals surface area contributed by atoms with Gasteiger partial charge in [-0.25, -0.2) is 18.0 Å². The highest BCUT2D eigenvalue weighted by Crippen LogP contribution is 2.48. The fraction of sp³-hybridized carbons (Fsp3) is 0.375. The van der Waals surface area contributed by atoms with Crippen molar-refractivity contribution in [2.24, 2.45) is 5.92 Å². The lowest BCUT2D eigenvalue weighted by atomic mass is 9.70. The molecular weight excluding hydrogens is 419 g/mol. The van der Waals surface area contributed by atoms with E-state index < -0.39 is 11.6 Å². The molecule has 0 bridgehead atoms. The lowest BCUT2D eigenvalue weighted by Gasteiger charge is -2.36. The zero-order chi connectivity index (χ0) is 22.8. The monoisotopic (exact) mass is 445 g/mol. The van der Waals surface area contributed by atoms with Crippen molar-refractivity contribution >= 4 is 16.9 Å². The molecule has 4 rings (SSSR count). The summed E-state index contributed by atoms with van der Waals surface area (Å²) >= 11 is 0. The molecule has 1 aliphatic rings. The summed E-state index contributed by atoms with van der Waals surface area (Å²) in [7, 11) is 0. The molecule has 0 aliphatic heterocycles. The van der Waals surface area contributed by atoms with Gasteiger partial charge in [0.05, 0.1) is 23.9 Å². The van der Waals surface area contributed by atoms with Gasteiger partial charge in [-0.3, -0.25) is 0 Å². The molecule has 0 unspecified atom stereocenters. The lowest BCUT2D eigenvalue weighted by Crippen LogP contribution is -2.46. The number of H-pyrrole nitrogens is 1. The minimum Gasteiger partial charge on any atom is -0.394 e. The summed E-state index contributed by atoms with van der Waals surface area (Å²) < 4.78 is 41.9. The second kappa shape index (κ2) is 9.24. The van der Waals surface area contributed by atoms with E-state index in [1.807, 2.05) is 6.92 Å². The number of benzene rings is 2. The van der Waals surface area contributed by atoms with Gasteiger partial charge in [0.15, 0.2) is 0 Å². The van der Waals surface area contributed by atoms with Gasteiger partial charge in [0.25, 0.3) is 0 Å². The molecule has 5 nitrogen and oxygen atoms in total. The third-order valence-corrected chi connectivity index (χ3v) is 6.24. The van der Waals surface area contributed by atoms with Crippen LogP contribution in [-0.2, 0) is 0 Å². The number of aliphatic hydroxyl groups is 1. The summed E-state index contributed by atoms with van der Waals surface area (Å²) in [5, 5.41) is 15.2. The summed E-state index contributed by atoms with van der Waals surface area (Å²) in [6, 6.07) is 7.48. The van der Waals surface area contributed by atoms with E-state index in [0.29, 0.717) is 29.6 Å². The Labute approximate surface area is 184 Å². The molecule has 1 fully saturated rings. The summed E-state index contributed by atoms with van der Waals surface area (Å²) in [5.41, 5.74) is 2.41. The fourth-order valence-corrected chi connectivity index (χ4v) is 4.40. The zero-order valence-corrected chi connectivity index (χ0v) is 17.7. The highest BCUT2D eigenvalue weighted by atomic mass is 19.1. The second-order valence-corrected chi connectivity index (χ2v) is 8.41. The Hall–Kier alpha value is -3.00. The smallest absolute Gasteiger partial charge is 0.315 e. The number of urea groups is 1. The molecular formula is C24H26F3N3O2. The highest BCUT2D eigenvalue weighted by molar-refractivity contribution is 5.92. The van der Waals surface area contributed by atoms with Crippen LogP contribution in [0.5, 0.6) is 0 Å². The molecule has 1 atom stereocenters. The molecule has 3 aromatic rings. The maximum Gasteiger partial charge on any atom is 0.315 e. The number of aliphatic hydroxyl groups excluding tert-OH is 1. The number of aromatic nitrogens is 1. The van der Waals surface area contributed by atoms with Gasteiger partial charge in [-0.1, -0.05) is 6.92 Å². The van der Waals surface area contributed by atoms with Crippen LogP contribution < -0.4 is 10.6 Å². The number of hydrogen-bond acceptors (Lipinski definition) is 2. The van der Waals surface area contributed by atoms with Gasteiger partial charge >= 0.3 is 6.03 Å². The molecule has 0 saturated heterocycles. The van der Waals surface area contributed by atoms with E-state index in [1.165, 1.54) is 18.2 Å². The van der Waals surface area contributed by atoms with Crippen molar-refractivity contribution in [2.45, 2.75) is 38.1 Å². The molecule has 2 amide bonds. The first kappa shape index (κ1) is 22.2. The van der Waals surface area contributed by atoms with Crippen LogP contribution in [0, 0.1) is 23.4 Å². The first-order valence-corrected chi connectivity index (χ1v) is 10.8. The molecule has 0 radical (unpaired) electrons. The van der Waals surface area contributed by atoms with E-state index >= 15 is 0 Å². The fourth-order valence-electron chi connectivity index (χ4n) is 4.40. The van der Waals surface area contributed by atoms with Gasteiger partial charge in [0.2, 0.25) is 0 Å². The van der Waals surface area contributed by atoms with Crippen molar-refractivity contribution in [2.75, 3.05) is 13.2 Å². The van der Waals surface area contributed by atoms with Crippen LogP contribution in [0.3, 0.4) is 0 Å².